The molecule has 6 heteroatoms. The SMILES string of the molecule is Cc1cccc(C(=O)Nc2ccc(N3CCCCC3)c(NC(=O)Nc3ccccc3)c2)c1. The molecular formula is C26H28N4O2. The lowest BCUT2D eigenvalue weighted by Crippen LogP contribution is -2.31. The van der Waals surface area contributed by atoms with Crippen LogP contribution in [0, 0.1) is 6.92 Å². The molecular weight excluding hydrogens is 400 g/mol. The van der Waals surface area contributed by atoms with E-state index in [1.54, 1.807) is 6.07 Å². The minimum absolute atomic E-state index is 0.181. The monoisotopic (exact) mass is 428 g/mol. The summed E-state index contributed by atoms with van der Waals surface area (Å²) in [5.74, 6) is -0.181. The Hall–Kier alpha value is -3.80. The fourth-order valence-electron chi connectivity index (χ4n) is 3.92. The van der Waals surface area contributed by atoms with Crippen molar-refractivity contribution in [3.63, 3.8) is 0 Å². The van der Waals surface area contributed by atoms with Crippen molar-refractivity contribution in [2.24, 2.45) is 0 Å². The molecule has 164 valence electrons. The second-order valence-electron chi connectivity index (χ2n) is 8.05. The first-order valence-electron chi connectivity index (χ1n) is 11.0. The zero-order valence-electron chi connectivity index (χ0n) is 18.2. The number of urea groups is 1. The predicted molar refractivity (Wildman–Crippen MR) is 131 cm³/mol. The lowest BCUT2D eigenvalue weighted by atomic mass is 10.1. The summed E-state index contributed by atoms with van der Waals surface area (Å²) < 4.78 is 0. The van der Waals surface area contributed by atoms with Gasteiger partial charge in [0.1, 0.15) is 0 Å². The van der Waals surface area contributed by atoms with Crippen LogP contribution in [0.2, 0.25) is 0 Å². The number of piperidine rings is 1. The van der Waals surface area contributed by atoms with Crippen molar-refractivity contribution in [1.29, 1.82) is 0 Å². The van der Waals surface area contributed by atoms with Gasteiger partial charge in [0.05, 0.1) is 11.4 Å². The third-order valence-electron chi connectivity index (χ3n) is 5.51. The van der Waals surface area contributed by atoms with E-state index < -0.39 is 0 Å². The molecule has 1 heterocycles. The Morgan fingerprint density at radius 1 is 0.750 bits per heavy atom. The minimum atomic E-state index is -0.323. The zero-order chi connectivity index (χ0) is 22.3. The number of hydrogen-bond acceptors (Lipinski definition) is 3. The van der Waals surface area contributed by atoms with E-state index in [4.69, 9.17) is 0 Å². The zero-order valence-corrected chi connectivity index (χ0v) is 18.2. The van der Waals surface area contributed by atoms with E-state index in [-0.39, 0.29) is 11.9 Å². The Kier molecular flexibility index (Phi) is 6.70. The van der Waals surface area contributed by atoms with Crippen LogP contribution in [0.1, 0.15) is 35.2 Å². The van der Waals surface area contributed by atoms with Crippen LogP contribution in [-0.2, 0) is 0 Å². The highest BCUT2D eigenvalue weighted by atomic mass is 16.2. The highest BCUT2D eigenvalue weighted by molar-refractivity contribution is 6.06. The Morgan fingerprint density at radius 3 is 2.28 bits per heavy atom. The molecule has 0 aromatic heterocycles. The molecule has 0 aliphatic carbocycles. The van der Waals surface area contributed by atoms with E-state index in [2.05, 4.69) is 20.9 Å². The van der Waals surface area contributed by atoms with E-state index in [1.807, 2.05) is 73.7 Å². The third-order valence-corrected chi connectivity index (χ3v) is 5.51. The smallest absolute Gasteiger partial charge is 0.323 e. The molecule has 3 aromatic rings. The van der Waals surface area contributed by atoms with Crippen molar-refractivity contribution in [1.82, 2.24) is 0 Å². The van der Waals surface area contributed by atoms with Crippen molar-refractivity contribution in [2.75, 3.05) is 33.9 Å². The maximum absolute atomic E-state index is 12.7. The number of anilines is 4. The number of aryl methyl sites for hydroxylation is 1. The number of benzene rings is 3. The standard InChI is InChI=1S/C26H28N4O2/c1-19-9-8-10-20(17-19)25(31)27-22-13-14-24(30-15-6-3-7-16-30)23(18-22)29-26(32)28-21-11-4-2-5-12-21/h2,4-5,8-14,17-18H,3,6-7,15-16H2,1H3,(H,27,31)(H2,28,29,32). The summed E-state index contributed by atoms with van der Waals surface area (Å²) in [6.07, 6.45) is 3.47. The van der Waals surface area contributed by atoms with Crippen molar-refractivity contribution in [3.05, 3.63) is 83.9 Å². The van der Waals surface area contributed by atoms with Gasteiger partial charge in [-0.15, -0.1) is 0 Å². The number of nitrogens with one attached hydrogen (secondary N) is 3. The lowest BCUT2D eigenvalue weighted by molar-refractivity contribution is 0.102. The van der Waals surface area contributed by atoms with Gasteiger partial charge in [0.15, 0.2) is 0 Å². The van der Waals surface area contributed by atoms with Crippen molar-refractivity contribution >= 4 is 34.7 Å². The maximum atomic E-state index is 12.7. The van der Waals surface area contributed by atoms with Gasteiger partial charge in [0.25, 0.3) is 5.91 Å². The number of para-hydroxylation sites is 1. The van der Waals surface area contributed by atoms with Crippen LogP contribution < -0.4 is 20.9 Å². The van der Waals surface area contributed by atoms with E-state index in [0.29, 0.717) is 22.6 Å². The summed E-state index contributed by atoms with van der Waals surface area (Å²) in [6.45, 7) is 3.85. The molecule has 0 bridgehead atoms. The minimum Gasteiger partial charge on any atom is -0.370 e. The molecule has 1 aliphatic heterocycles. The molecule has 3 aromatic carbocycles. The predicted octanol–water partition coefficient (Wildman–Crippen LogP) is 5.88. The first-order valence-corrected chi connectivity index (χ1v) is 11.0. The average molecular weight is 429 g/mol. The molecule has 3 amide bonds. The van der Waals surface area contributed by atoms with Crippen LogP contribution >= 0.6 is 0 Å². The lowest BCUT2D eigenvalue weighted by Gasteiger charge is -2.31. The first-order chi connectivity index (χ1) is 15.6. The fourth-order valence-corrected chi connectivity index (χ4v) is 3.92. The molecule has 4 rings (SSSR count). The average Bonchev–Trinajstić information content (AvgIpc) is 2.80. The Labute approximate surface area is 188 Å². The summed E-state index contributed by atoms with van der Waals surface area (Å²) in [5, 5.41) is 8.78. The van der Waals surface area contributed by atoms with Crippen molar-refractivity contribution in [3.8, 4) is 0 Å². The molecule has 1 saturated heterocycles. The van der Waals surface area contributed by atoms with Gasteiger partial charge >= 0.3 is 6.03 Å². The number of carbonyl (C=O) groups excluding carboxylic acids is 2. The Balaban J connectivity index is 1.56. The van der Waals surface area contributed by atoms with Crippen LogP contribution in [0.25, 0.3) is 0 Å². The van der Waals surface area contributed by atoms with E-state index in [1.165, 1.54) is 6.42 Å². The van der Waals surface area contributed by atoms with Gasteiger partial charge < -0.3 is 20.9 Å². The quantitative estimate of drug-likeness (QED) is 0.475. The molecule has 1 fully saturated rings. The normalized spacial score (nSPS) is 13.3. The molecule has 6 nitrogen and oxygen atoms in total. The highest BCUT2D eigenvalue weighted by Crippen LogP contribution is 2.32. The Bertz CT molecular complexity index is 1090. The van der Waals surface area contributed by atoms with Crippen LogP contribution in [0.5, 0.6) is 0 Å². The molecule has 32 heavy (non-hydrogen) atoms. The van der Waals surface area contributed by atoms with E-state index in [9.17, 15) is 9.59 Å². The highest BCUT2D eigenvalue weighted by Gasteiger charge is 2.17. The van der Waals surface area contributed by atoms with Crippen molar-refractivity contribution in [2.45, 2.75) is 26.2 Å². The number of rotatable bonds is 5. The molecule has 3 N–H and O–H groups in total. The topological polar surface area (TPSA) is 73.5 Å². The fraction of sp³-hybridized carbons (Fsp3) is 0.231. The Morgan fingerprint density at radius 2 is 1.53 bits per heavy atom. The summed E-state index contributed by atoms with van der Waals surface area (Å²) in [4.78, 5) is 27.7. The second-order valence-corrected chi connectivity index (χ2v) is 8.05. The molecule has 0 radical (unpaired) electrons. The maximum Gasteiger partial charge on any atom is 0.323 e. The summed E-state index contributed by atoms with van der Waals surface area (Å²) in [5.41, 5.74) is 4.60. The second kappa shape index (κ2) is 10.0. The van der Waals surface area contributed by atoms with Gasteiger partial charge in [-0.25, -0.2) is 4.79 Å². The molecule has 1 aliphatic rings. The van der Waals surface area contributed by atoms with Gasteiger partial charge in [-0.1, -0.05) is 35.9 Å². The number of amides is 3. The van der Waals surface area contributed by atoms with Gasteiger partial charge in [-0.05, 0) is 68.7 Å². The van der Waals surface area contributed by atoms with Gasteiger partial charge in [-0.2, -0.15) is 0 Å². The van der Waals surface area contributed by atoms with Crippen LogP contribution in [0.4, 0.5) is 27.5 Å². The van der Waals surface area contributed by atoms with Gasteiger partial charge in [0.2, 0.25) is 0 Å². The molecule has 0 saturated carbocycles. The van der Waals surface area contributed by atoms with Crippen LogP contribution in [0.15, 0.2) is 72.8 Å². The van der Waals surface area contributed by atoms with Gasteiger partial charge in [-0.3, -0.25) is 4.79 Å². The first kappa shape index (κ1) is 21.4. The number of nitrogens with zero attached hydrogens (tertiary/aromatic N) is 1. The molecule has 0 atom stereocenters. The summed E-state index contributed by atoms with van der Waals surface area (Å²) in [7, 11) is 0. The summed E-state index contributed by atoms with van der Waals surface area (Å²) >= 11 is 0. The summed E-state index contributed by atoms with van der Waals surface area (Å²) in [6, 6.07) is 22.1. The third kappa shape index (κ3) is 5.46. The molecule has 0 unspecified atom stereocenters. The largest absolute Gasteiger partial charge is 0.370 e. The van der Waals surface area contributed by atoms with Crippen molar-refractivity contribution < 1.29 is 9.59 Å². The van der Waals surface area contributed by atoms with Gasteiger partial charge in [0, 0.05) is 30.0 Å². The number of carbonyl (C=O) groups is 2. The molecule has 0 spiro atoms. The number of hydrogen-bond donors (Lipinski definition) is 3. The van der Waals surface area contributed by atoms with Crippen LogP contribution in [0.3, 0.4) is 0 Å². The van der Waals surface area contributed by atoms with E-state index in [0.717, 1.165) is 37.2 Å². The van der Waals surface area contributed by atoms with Crippen LogP contribution in [-0.4, -0.2) is 25.0 Å². The van der Waals surface area contributed by atoms with E-state index >= 15 is 0 Å².